The van der Waals surface area contributed by atoms with Crippen molar-refractivity contribution in [3.8, 4) is 0 Å². The molecule has 2 saturated carbocycles. The molecule has 0 aromatic heterocycles. The lowest BCUT2D eigenvalue weighted by Crippen LogP contribution is -2.35. The topological polar surface area (TPSA) is 12.0 Å². The summed E-state index contributed by atoms with van der Waals surface area (Å²) in [7, 11) is 0. The zero-order chi connectivity index (χ0) is 13.5. The molecular formula is C16H21ClFN. The highest BCUT2D eigenvalue weighted by Crippen LogP contribution is 2.60. The molecule has 1 aromatic rings. The second-order valence-electron chi connectivity index (χ2n) is 6.37. The molecule has 2 atom stereocenters. The van der Waals surface area contributed by atoms with Crippen molar-refractivity contribution >= 4 is 11.6 Å². The quantitative estimate of drug-likeness (QED) is 0.859. The Bertz CT molecular complexity index is 464. The highest BCUT2D eigenvalue weighted by molar-refractivity contribution is 6.30. The molecule has 0 saturated heterocycles. The van der Waals surface area contributed by atoms with Crippen molar-refractivity contribution in [3.63, 3.8) is 0 Å². The van der Waals surface area contributed by atoms with Crippen LogP contribution < -0.4 is 5.32 Å². The number of benzene rings is 1. The summed E-state index contributed by atoms with van der Waals surface area (Å²) in [6.07, 6.45) is 4.99. The van der Waals surface area contributed by atoms with Crippen molar-refractivity contribution in [1.29, 1.82) is 0 Å². The Morgan fingerprint density at radius 2 is 2.11 bits per heavy atom. The zero-order valence-electron chi connectivity index (χ0n) is 11.4. The summed E-state index contributed by atoms with van der Waals surface area (Å²) >= 11 is 5.76. The average Bonchev–Trinajstić information content (AvgIpc) is 3.00. The summed E-state index contributed by atoms with van der Waals surface area (Å²) in [6.45, 7) is 4.21. The minimum atomic E-state index is -0.291. The highest BCUT2D eigenvalue weighted by Gasteiger charge is 2.53. The van der Waals surface area contributed by atoms with Gasteiger partial charge in [-0.1, -0.05) is 24.6 Å². The Labute approximate surface area is 119 Å². The molecule has 19 heavy (non-hydrogen) atoms. The molecule has 0 aliphatic heterocycles. The summed E-state index contributed by atoms with van der Waals surface area (Å²) in [5, 5.41) is 3.72. The predicted octanol–water partition coefficient (Wildman–Crippen LogP) is 4.05. The normalized spacial score (nSPS) is 32.4. The second-order valence-corrected chi connectivity index (χ2v) is 6.78. The molecule has 2 aliphatic carbocycles. The smallest absolute Gasteiger partial charge is 0.142 e. The maximum absolute atomic E-state index is 13.6. The van der Waals surface area contributed by atoms with E-state index in [-0.39, 0.29) is 10.8 Å². The molecule has 104 valence electrons. The van der Waals surface area contributed by atoms with Crippen molar-refractivity contribution in [2.24, 2.45) is 17.3 Å². The van der Waals surface area contributed by atoms with E-state index in [0.717, 1.165) is 36.9 Å². The van der Waals surface area contributed by atoms with Gasteiger partial charge < -0.3 is 5.32 Å². The van der Waals surface area contributed by atoms with Crippen LogP contribution in [0.25, 0.3) is 0 Å². The summed E-state index contributed by atoms with van der Waals surface area (Å²) < 4.78 is 13.6. The Morgan fingerprint density at radius 3 is 2.74 bits per heavy atom. The lowest BCUT2D eigenvalue weighted by atomic mass is 9.77. The molecule has 3 heteroatoms. The van der Waals surface area contributed by atoms with Gasteiger partial charge in [-0.3, -0.25) is 0 Å². The van der Waals surface area contributed by atoms with Gasteiger partial charge in [0.2, 0.25) is 0 Å². The third-order valence-electron chi connectivity index (χ3n) is 4.77. The molecule has 1 aromatic carbocycles. The highest BCUT2D eigenvalue weighted by atomic mass is 35.5. The van der Waals surface area contributed by atoms with Crippen LogP contribution in [0.4, 0.5) is 4.39 Å². The first-order chi connectivity index (χ1) is 9.12. The summed E-state index contributed by atoms with van der Waals surface area (Å²) in [6, 6.07) is 5.27. The molecular weight excluding hydrogens is 261 g/mol. The number of fused-ring (bicyclic) bond motifs is 1. The van der Waals surface area contributed by atoms with E-state index >= 15 is 0 Å². The van der Waals surface area contributed by atoms with E-state index in [0.29, 0.717) is 5.41 Å². The van der Waals surface area contributed by atoms with Gasteiger partial charge >= 0.3 is 0 Å². The van der Waals surface area contributed by atoms with Crippen LogP contribution in [0, 0.1) is 23.1 Å². The summed E-state index contributed by atoms with van der Waals surface area (Å²) in [5.41, 5.74) is 1.42. The van der Waals surface area contributed by atoms with Crippen LogP contribution in [0.2, 0.25) is 5.02 Å². The fourth-order valence-electron chi connectivity index (χ4n) is 3.83. The third kappa shape index (κ3) is 2.80. The standard InChI is InChI=1S/C16H21ClFN/c1-2-19-10-16(8-12-6-13(12)9-16)7-11-3-4-14(17)15(18)5-11/h3-5,12-13,19H,2,6-10H2,1H3. The molecule has 0 radical (unpaired) electrons. The van der Waals surface area contributed by atoms with Crippen LogP contribution in [-0.2, 0) is 6.42 Å². The Kier molecular flexibility index (Phi) is 3.57. The molecule has 0 amide bonds. The molecule has 1 nitrogen and oxygen atoms in total. The van der Waals surface area contributed by atoms with Crippen LogP contribution in [0.15, 0.2) is 18.2 Å². The van der Waals surface area contributed by atoms with Crippen molar-refractivity contribution in [2.75, 3.05) is 13.1 Å². The number of nitrogens with one attached hydrogen (secondary N) is 1. The number of rotatable bonds is 5. The molecule has 2 aliphatic rings. The second kappa shape index (κ2) is 5.06. The number of halogens is 2. The van der Waals surface area contributed by atoms with E-state index in [1.165, 1.54) is 19.3 Å². The van der Waals surface area contributed by atoms with Crippen LogP contribution in [0.5, 0.6) is 0 Å². The fourth-order valence-corrected chi connectivity index (χ4v) is 3.95. The Morgan fingerprint density at radius 1 is 1.37 bits per heavy atom. The minimum absolute atomic E-state index is 0.221. The largest absolute Gasteiger partial charge is 0.316 e. The first-order valence-corrected chi connectivity index (χ1v) is 7.64. The Hall–Kier alpha value is -0.600. The van der Waals surface area contributed by atoms with Crippen LogP contribution in [0.1, 0.15) is 31.7 Å². The van der Waals surface area contributed by atoms with Crippen molar-refractivity contribution < 1.29 is 4.39 Å². The fraction of sp³-hybridized carbons (Fsp3) is 0.625. The molecule has 0 bridgehead atoms. The van der Waals surface area contributed by atoms with E-state index in [1.807, 2.05) is 6.07 Å². The van der Waals surface area contributed by atoms with Crippen LogP contribution in [0.3, 0.4) is 0 Å². The van der Waals surface area contributed by atoms with Gasteiger partial charge in [-0.25, -0.2) is 4.39 Å². The number of hydrogen-bond donors (Lipinski definition) is 1. The van der Waals surface area contributed by atoms with Crippen LogP contribution >= 0.6 is 11.6 Å². The van der Waals surface area contributed by atoms with Crippen molar-refractivity contribution in [1.82, 2.24) is 5.32 Å². The van der Waals surface area contributed by atoms with Gasteiger partial charge in [0.1, 0.15) is 5.82 Å². The average molecular weight is 282 g/mol. The Balaban J connectivity index is 1.75. The first-order valence-electron chi connectivity index (χ1n) is 7.26. The third-order valence-corrected chi connectivity index (χ3v) is 5.08. The van der Waals surface area contributed by atoms with Gasteiger partial charge in [-0.15, -0.1) is 0 Å². The van der Waals surface area contributed by atoms with Gasteiger partial charge in [-0.05, 0) is 67.2 Å². The minimum Gasteiger partial charge on any atom is -0.316 e. The summed E-state index contributed by atoms with van der Waals surface area (Å²) in [4.78, 5) is 0. The molecule has 2 fully saturated rings. The molecule has 2 unspecified atom stereocenters. The maximum Gasteiger partial charge on any atom is 0.142 e. The van der Waals surface area contributed by atoms with Gasteiger partial charge in [-0.2, -0.15) is 0 Å². The molecule has 0 spiro atoms. The van der Waals surface area contributed by atoms with E-state index < -0.39 is 0 Å². The zero-order valence-corrected chi connectivity index (χ0v) is 12.1. The SMILES string of the molecule is CCNCC1(Cc2ccc(Cl)c(F)c2)CC2CC2C1. The van der Waals surface area contributed by atoms with Crippen molar-refractivity contribution in [3.05, 3.63) is 34.6 Å². The van der Waals surface area contributed by atoms with E-state index in [4.69, 9.17) is 11.6 Å². The van der Waals surface area contributed by atoms with Gasteiger partial charge in [0, 0.05) is 6.54 Å². The van der Waals surface area contributed by atoms with Gasteiger partial charge in [0.25, 0.3) is 0 Å². The maximum atomic E-state index is 13.6. The van der Waals surface area contributed by atoms with E-state index in [1.54, 1.807) is 12.1 Å². The van der Waals surface area contributed by atoms with Gasteiger partial charge in [0.05, 0.1) is 5.02 Å². The van der Waals surface area contributed by atoms with E-state index in [2.05, 4.69) is 12.2 Å². The van der Waals surface area contributed by atoms with Gasteiger partial charge in [0.15, 0.2) is 0 Å². The van der Waals surface area contributed by atoms with E-state index in [9.17, 15) is 4.39 Å². The van der Waals surface area contributed by atoms with Crippen molar-refractivity contribution in [2.45, 2.75) is 32.6 Å². The summed E-state index contributed by atoms with van der Waals surface area (Å²) in [5.74, 6) is 1.59. The first kappa shape index (κ1) is 13.4. The lowest BCUT2D eigenvalue weighted by molar-refractivity contribution is 0.250. The van der Waals surface area contributed by atoms with Crippen LogP contribution in [-0.4, -0.2) is 13.1 Å². The lowest BCUT2D eigenvalue weighted by Gasteiger charge is -2.31. The molecule has 3 rings (SSSR count). The molecule has 1 N–H and O–H groups in total. The monoisotopic (exact) mass is 281 g/mol. The predicted molar refractivity (Wildman–Crippen MR) is 76.9 cm³/mol. The number of hydrogen-bond acceptors (Lipinski definition) is 1. The molecule has 0 heterocycles.